The Kier molecular flexibility index (Phi) is 7.61. The van der Waals surface area contributed by atoms with Crippen molar-refractivity contribution in [3.63, 3.8) is 0 Å². The summed E-state index contributed by atoms with van der Waals surface area (Å²) in [6.45, 7) is 0.898. The van der Waals surface area contributed by atoms with Gasteiger partial charge in [-0.3, -0.25) is 0 Å². The molecule has 0 fully saturated rings. The summed E-state index contributed by atoms with van der Waals surface area (Å²) in [4.78, 5) is 0. The Bertz CT molecular complexity index is 212. The lowest BCUT2D eigenvalue weighted by Crippen LogP contribution is -1.91. The van der Waals surface area contributed by atoms with Crippen LogP contribution in [-0.4, -0.2) is 13.2 Å². The molecule has 7 heteroatoms. The smallest absolute Gasteiger partial charge is 0.301 e. The van der Waals surface area contributed by atoms with Gasteiger partial charge in [-0.1, -0.05) is 23.2 Å². The van der Waals surface area contributed by atoms with Crippen LogP contribution >= 0.6 is 41.4 Å². The van der Waals surface area contributed by atoms with Crippen LogP contribution in [0, 0.1) is 0 Å². The van der Waals surface area contributed by atoms with E-state index in [0.29, 0.717) is 13.2 Å². The molecular formula is C6H11Cl2O3PS. The average molecular weight is 265 g/mol. The second-order valence-electron chi connectivity index (χ2n) is 1.79. The predicted octanol–water partition coefficient (Wildman–Crippen LogP) is 4.18. The van der Waals surface area contributed by atoms with Gasteiger partial charge in [0.25, 0.3) is 0 Å². The van der Waals surface area contributed by atoms with Crippen LogP contribution < -0.4 is 0 Å². The lowest BCUT2D eigenvalue weighted by atomic mass is 10.9. The van der Waals surface area contributed by atoms with Crippen LogP contribution in [0.1, 0.15) is 13.8 Å². The molecule has 3 nitrogen and oxygen atoms in total. The maximum absolute atomic E-state index is 11.7. The largest absolute Gasteiger partial charge is 0.394 e. The molecule has 0 atom stereocenters. The van der Waals surface area contributed by atoms with Crippen molar-refractivity contribution in [3.05, 3.63) is 9.90 Å². The quantitative estimate of drug-likeness (QED) is 0.675. The summed E-state index contributed by atoms with van der Waals surface area (Å²) in [6.07, 6.45) is 0. The summed E-state index contributed by atoms with van der Waals surface area (Å²) in [5.74, 6) is 0. The fourth-order valence-electron chi connectivity index (χ4n) is 0.533. The summed E-state index contributed by atoms with van der Waals surface area (Å²) in [6, 6.07) is 0. The van der Waals surface area contributed by atoms with E-state index in [1.807, 2.05) is 0 Å². The maximum atomic E-state index is 11.7. The Hall–Kier alpha value is 0.820. The van der Waals surface area contributed by atoms with Gasteiger partial charge in [-0.2, -0.15) is 0 Å². The zero-order chi connectivity index (χ0) is 10.3. The van der Waals surface area contributed by atoms with E-state index >= 15 is 0 Å². The first-order chi connectivity index (χ1) is 6.08. The van der Waals surface area contributed by atoms with Gasteiger partial charge in [0, 0.05) is 16.9 Å². The topological polar surface area (TPSA) is 35.5 Å². The van der Waals surface area contributed by atoms with Gasteiger partial charge < -0.3 is 9.05 Å². The first-order valence-electron chi connectivity index (χ1n) is 3.62. The summed E-state index contributed by atoms with van der Waals surface area (Å²) in [5, 5.41) is 0. The summed E-state index contributed by atoms with van der Waals surface area (Å²) in [7, 11) is 0. The highest BCUT2D eigenvalue weighted by molar-refractivity contribution is 8.57. The first kappa shape index (κ1) is 13.8. The molecule has 0 bridgehead atoms. The molecule has 0 saturated carbocycles. The van der Waals surface area contributed by atoms with E-state index in [-0.39, 0.29) is 4.36 Å². The second-order valence-corrected chi connectivity index (χ2v) is 6.56. The summed E-state index contributed by atoms with van der Waals surface area (Å²) >= 11 is 11.7. The van der Waals surface area contributed by atoms with Gasteiger partial charge in [0.15, 0.2) is 0 Å². The average Bonchev–Trinajstić information content (AvgIpc) is 2.04. The molecule has 0 amide bonds. The van der Waals surface area contributed by atoms with Crippen LogP contribution in [0.15, 0.2) is 9.90 Å². The van der Waals surface area contributed by atoms with Crippen LogP contribution in [0.2, 0.25) is 0 Å². The molecule has 0 rings (SSSR count). The van der Waals surface area contributed by atoms with Gasteiger partial charge in [-0.25, -0.2) is 4.57 Å². The zero-order valence-corrected chi connectivity index (χ0v) is 10.6. The van der Waals surface area contributed by atoms with Gasteiger partial charge in [-0.15, -0.1) is 0 Å². The van der Waals surface area contributed by atoms with Crippen LogP contribution in [-0.2, 0) is 13.6 Å². The highest BCUT2D eigenvalue weighted by atomic mass is 35.5. The normalized spacial score (nSPS) is 13.4. The highest BCUT2D eigenvalue weighted by Gasteiger charge is 2.26. The fourth-order valence-corrected chi connectivity index (χ4v) is 4.43. The summed E-state index contributed by atoms with van der Waals surface area (Å²) < 4.78 is 21.8. The van der Waals surface area contributed by atoms with Crippen molar-refractivity contribution in [2.24, 2.45) is 0 Å². The van der Waals surface area contributed by atoms with E-state index in [9.17, 15) is 4.57 Å². The Morgan fingerprint density at radius 2 is 1.92 bits per heavy atom. The Morgan fingerprint density at radius 1 is 1.46 bits per heavy atom. The minimum Gasteiger partial charge on any atom is -0.301 e. The number of halogens is 2. The molecule has 0 spiro atoms. The van der Waals surface area contributed by atoms with E-state index < -0.39 is 6.80 Å². The first-order valence-corrected chi connectivity index (χ1v) is 7.40. The van der Waals surface area contributed by atoms with E-state index in [2.05, 4.69) is 0 Å². The van der Waals surface area contributed by atoms with Crippen molar-refractivity contribution in [2.45, 2.75) is 13.8 Å². The molecule has 0 radical (unpaired) electrons. The van der Waals surface area contributed by atoms with Crippen LogP contribution in [0.4, 0.5) is 0 Å². The standard InChI is InChI=1S/C6H11Cl2O3PS/c1-3-10-12(9,11-4-2)13-6(8)5-7/h5H,3-4H2,1-2H3/b6-5-. The highest BCUT2D eigenvalue weighted by Crippen LogP contribution is 2.64. The van der Waals surface area contributed by atoms with Gasteiger partial charge in [0.05, 0.1) is 17.6 Å². The van der Waals surface area contributed by atoms with Gasteiger partial charge in [-0.05, 0) is 13.8 Å². The van der Waals surface area contributed by atoms with E-state index in [4.69, 9.17) is 32.2 Å². The third-order valence-electron chi connectivity index (χ3n) is 0.859. The third-order valence-corrected chi connectivity index (χ3v) is 5.54. The molecule has 0 aromatic heterocycles. The van der Waals surface area contributed by atoms with Crippen LogP contribution in [0.25, 0.3) is 0 Å². The SMILES string of the molecule is CCOP(=O)(OCC)S/C(Cl)=C\Cl. The molecular weight excluding hydrogens is 254 g/mol. The second kappa shape index (κ2) is 7.16. The number of hydrogen-bond donors (Lipinski definition) is 0. The minimum absolute atomic E-state index is 0.187. The molecule has 78 valence electrons. The van der Waals surface area contributed by atoms with Crippen molar-refractivity contribution >= 4 is 41.4 Å². The van der Waals surface area contributed by atoms with Gasteiger partial charge >= 0.3 is 6.80 Å². The summed E-state index contributed by atoms with van der Waals surface area (Å²) in [5.41, 5.74) is 1.12. The van der Waals surface area contributed by atoms with Crippen molar-refractivity contribution < 1.29 is 13.6 Å². The maximum Gasteiger partial charge on any atom is 0.394 e. The van der Waals surface area contributed by atoms with Gasteiger partial charge in [0.1, 0.15) is 0 Å². The van der Waals surface area contributed by atoms with Crippen LogP contribution in [0.3, 0.4) is 0 Å². The molecule has 0 aliphatic carbocycles. The number of hydrogen-bond acceptors (Lipinski definition) is 4. The molecule has 13 heavy (non-hydrogen) atoms. The minimum atomic E-state index is -3.16. The molecule has 0 unspecified atom stereocenters. The zero-order valence-electron chi connectivity index (χ0n) is 7.33. The van der Waals surface area contributed by atoms with Crippen molar-refractivity contribution in [2.75, 3.05) is 13.2 Å². The van der Waals surface area contributed by atoms with Crippen LogP contribution in [0.5, 0.6) is 0 Å². The molecule has 0 heterocycles. The molecule has 0 saturated heterocycles. The lowest BCUT2D eigenvalue weighted by Gasteiger charge is -2.14. The Morgan fingerprint density at radius 3 is 2.23 bits per heavy atom. The van der Waals surface area contributed by atoms with Crippen molar-refractivity contribution in [1.29, 1.82) is 0 Å². The van der Waals surface area contributed by atoms with E-state index in [1.165, 1.54) is 0 Å². The third kappa shape index (κ3) is 6.00. The molecule has 0 N–H and O–H groups in total. The molecule has 0 aliphatic rings. The monoisotopic (exact) mass is 264 g/mol. The fraction of sp³-hybridized carbons (Fsp3) is 0.667. The van der Waals surface area contributed by atoms with E-state index in [1.54, 1.807) is 13.8 Å². The molecule has 0 aromatic rings. The van der Waals surface area contributed by atoms with Gasteiger partial charge in [0.2, 0.25) is 0 Å². The van der Waals surface area contributed by atoms with E-state index in [0.717, 1.165) is 16.9 Å². The molecule has 0 aromatic carbocycles. The van der Waals surface area contributed by atoms with Crippen molar-refractivity contribution in [3.8, 4) is 0 Å². The lowest BCUT2D eigenvalue weighted by molar-refractivity contribution is 0.237. The number of rotatable bonds is 6. The Balaban J connectivity index is 4.32. The Labute approximate surface area is 92.0 Å². The molecule has 0 aliphatic heterocycles. The predicted molar refractivity (Wildman–Crippen MR) is 58.2 cm³/mol. The van der Waals surface area contributed by atoms with Crippen molar-refractivity contribution in [1.82, 2.24) is 0 Å².